The Balaban J connectivity index is 1.61. The SMILES string of the molecule is CCCCCCC(C)(C)c1cc(O)c2c(c1)OC(C)(C)[C@@H]1CC=C(C(=O)CC3(C)CC3)C[C@@H]21. The van der Waals surface area contributed by atoms with E-state index < -0.39 is 0 Å². The number of phenols is 1. The summed E-state index contributed by atoms with van der Waals surface area (Å²) in [4.78, 5) is 13.1. The van der Waals surface area contributed by atoms with Gasteiger partial charge >= 0.3 is 0 Å². The zero-order valence-corrected chi connectivity index (χ0v) is 21.7. The molecule has 3 aliphatic rings. The minimum Gasteiger partial charge on any atom is -0.508 e. The molecule has 4 rings (SSSR count). The monoisotopic (exact) mass is 452 g/mol. The predicted octanol–water partition coefficient (Wildman–Crippen LogP) is 7.99. The molecule has 1 aliphatic heterocycles. The molecule has 1 N–H and O–H groups in total. The van der Waals surface area contributed by atoms with E-state index in [2.05, 4.69) is 53.7 Å². The van der Waals surface area contributed by atoms with Crippen molar-refractivity contribution >= 4 is 5.78 Å². The molecule has 0 spiro atoms. The first-order chi connectivity index (χ1) is 15.5. The van der Waals surface area contributed by atoms with E-state index in [9.17, 15) is 9.90 Å². The van der Waals surface area contributed by atoms with Gasteiger partial charge in [-0.3, -0.25) is 4.79 Å². The Morgan fingerprint density at radius 3 is 2.55 bits per heavy atom. The third-order valence-corrected chi connectivity index (χ3v) is 8.79. The summed E-state index contributed by atoms with van der Waals surface area (Å²) < 4.78 is 6.56. The van der Waals surface area contributed by atoms with Crippen molar-refractivity contribution in [2.24, 2.45) is 11.3 Å². The molecule has 0 unspecified atom stereocenters. The maximum absolute atomic E-state index is 13.1. The van der Waals surface area contributed by atoms with E-state index in [0.29, 0.717) is 24.4 Å². The number of aromatic hydroxyl groups is 1. The van der Waals surface area contributed by atoms with Crippen LogP contribution in [0.25, 0.3) is 0 Å². The molecule has 1 saturated carbocycles. The number of ether oxygens (including phenoxy) is 1. The average Bonchev–Trinajstić information content (AvgIpc) is 3.46. The fraction of sp³-hybridized carbons (Fsp3) is 0.700. The summed E-state index contributed by atoms with van der Waals surface area (Å²) in [6.45, 7) is 13.3. The summed E-state index contributed by atoms with van der Waals surface area (Å²) in [5.74, 6) is 1.86. The highest BCUT2D eigenvalue weighted by atomic mass is 16.5. The van der Waals surface area contributed by atoms with Gasteiger partial charge in [0.1, 0.15) is 17.1 Å². The highest BCUT2D eigenvalue weighted by molar-refractivity contribution is 5.96. The van der Waals surface area contributed by atoms with Crippen LogP contribution in [0.15, 0.2) is 23.8 Å². The second-order valence-corrected chi connectivity index (χ2v) is 12.6. The van der Waals surface area contributed by atoms with Gasteiger partial charge in [0.15, 0.2) is 5.78 Å². The van der Waals surface area contributed by atoms with Gasteiger partial charge in [-0.05, 0) is 80.1 Å². The predicted molar refractivity (Wildman–Crippen MR) is 135 cm³/mol. The number of benzene rings is 1. The first-order valence-electron chi connectivity index (χ1n) is 13.2. The van der Waals surface area contributed by atoms with Crippen molar-refractivity contribution in [3.05, 3.63) is 34.9 Å². The molecule has 33 heavy (non-hydrogen) atoms. The Morgan fingerprint density at radius 1 is 1.15 bits per heavy atom. The van der Waals surface area contributed by atoms with E-state index in [1.165, 1.54) is 38.5 Å². The molecule has 3 nitrogen and oxygen atoms in total. The summed E-state index contributed by atoms with van der Waals surface area (Å²) in [6.07, 6.45) is 12.8. The number of rotatable bonds is 9. The number of allylic oxidation sites excluding steroid dienone is 2. The molecular formula is C30H44O3. The Bertz CT molecular complexity index is 932. The Morgan fingerprint density at radius 2 is 1.88 bits per heavy atom. The van der Waals surface area contributed by atoms with Crippen molar-refractivity contribution in [2.75, 3.05) is 0 Å². The second-order valence-electron chi connectivity index (χ2n) is 12.6. The number of unbranched alkanes of at least 4 members (excludes halogenated alkanes) is 3. The zero-order valence-electron chi connectivity index (χ0n) is 21.7. The van der Waals surface area contributed by atoms with Gasteiger partial charge in [0.2, 0.25) is 0 Å². The topological polar surface area (TPSA) is 46.5 Å². The fourth-order valence-corrected chi connectivity index (χ4v) is 6.04. The maximum atomic E-state index is 13.1. The Hall–Kier alpha value is -1.77. The summed E-state index contributed by atoms with van der Waals surface area (Å²) in [5, 5.41) is 11.3. The molecule has 1 heterocycles. The van der Waals surface area contributed by atoms with Crippen molar-refractivity contribution in [3.8, 4) is 11.5 Å². The third kappa shape index (κ3) is 5.03. The molecule has 1 aromatic carbocycles. The summed E-state index contributed by atoms with van der Waals surface area (Å²) in [6, 6.07) is 4.15. The van der Waals surface area contributed by atoms with Crippen molar-refractivity contribution in [1.29, 1.82) is 0 Å². The molecule has 1 fully saturated rings. The van der Waals surface area contributed by atoms with Crippen LogP contribution >= 0.6 is 0 Å². The molecule has 0 amide bonds. The molecule has 0 saturated heterocycles. The van der Waals surface area contributed by atoms with Crippen molar-refractivity contribution in [3.63, 3.8) is 0 Å². The van der Waals surface area contributed by atoms with Crippen molar-refractivity contribution in [1.82, 2.24) is 0 Å². The van der Waals surface area contributed by atoms with Crippen LogP contribution < -0.4 is 4.74 Å². The van der Waals surface area contributed by atoms with E-state index in [1.54, 1.807) is 0 Å². The quantitative estimate of drug-likeness (QED) is 0.386. The third-order valence-electron chi connectivity index (χ3n) is 8.79. The van der Waals surface area contributed by atoms with Crippen LogP contribution in [0.5, 0.6) is 11.5 Å². The molecule has 1 aromatic rings. The lowest BCUT2D eigenvalue weighted by Gasteiger charge is -2.47. The van der Waals surface area contributed by atoms with E-state index in [-0.39, 0.29) is 28.3 Å². The van der Waals surface area contributed by atoms with Gasteiger partial charge < -0.3 is 9.84 Å². The number of Topliss-reactive ketones (excluding diaryl/α,β-unsaturated/α-hetero) is 1. The van der Waals surface area contributed by atoms with Gasteiger partial charge in [0.05, 0.1) is 0 Å². The normalized spacial score (nSPS) is 24.8. The van der Waals surface area contributed by atoms with Crippen LogP contribution in [-0.4, -0.2) is 16.5 Å². The molecule has 0 bridgehead atoms. The first-order valence-corrected chi connectivity index (χ1v) is 13.2. The maximum Gasteiger partial charge on any atom is 0.159 e. The van der Waals surface area contributed by atoms with Gasteiger partial charge in [0, 0.05) is 23.8 Å². The summed E-state index contributed by atoms with van der Waals surface area (Å²) in [5.41, 5.74) is 2.91. The van der Waals surface area contributed by atoms with E-state index in [0.717, 1.165) is 35.3 Å². The first kappa shape index (κ1) is 24.4. The highest BCUT2D eigenvalue weighted by Crippen LogP contribution is 2.56. The van der Waals surface area contributed by atoms with Crippen molar-refractivity contribution < 1.29 is 14.6 Å². The minimum atomic E-state index is -0.332. The molecule has 182 valence electrons. The average molecular weight is 453 g/mol. The van der Waals surface area contributed by atoms with Crippen LogP contribution in [0.1, 0.15) is 123 Å². The molecule has 0 radical (unpaired) electrons. The van der Waals surface area contributed by atoms with Gasteiger partial charge in [-0.25, -0.2) is 0 Å². The van der Waals surface area contributed by atoms with Crippen LogP contribution in [0.3, 0.4) is 0 Å². The Kier molecular flexibility index (Phi) is 6.48. The number of ketones is 1. The van der Waals surface area contributed by atoms with E-state index in [4.69, 9.17) is 4.74 Å². The number of phenolic OH excluding ortho intramolecular Hbond substituents is 1. The highest BCUT2D eigenvalue weighted by Gasteiger charge is 2.48. The lowest BCUT2D eigenvalue weighted by molar-refractivity contribution is -0.117. The van der Waals surface area contributed by atoms with Crippen LogP contribution in [0.4, 0.5) is 0 Å². The van der Waals surface area contributed by atoms with Gasteiger partial charge in [0.25, 0.3) is 0 Å². The molecule has 2 atom stereocenters. The fourth-order valence-electron chi connectivity index (χ4n) is 6.04. The van der Waals surface area contributed by atoms with Crippen molar-refractivity contribution in [2.45, 2.75) is 123 Å². The molecule has 2 aliphatic carbocycles. The summed E-state index contributed by atoms with van der Waals surface area (Å²) in [7, 11) is 0. The number of carbonyl (C=O) groups excluding carboxylic acids is 1. The largest absolute Gasteiger partial charge is 0.508 e. The van der Waals surface area contributed by atoms with Crippen LogP contribution in [-0.2, 0) is 10.2 Å². The number of hydrogen-bond acceptors (Lipinski definition) is 3. The van der Waals surface area contributed by atoms with E-state index >= 15 is 0 Å². The second kappa shape index (κ2) is 8.78. The number of carbonyl (C=O) groups is 1. The lowest BCUT2D eigenvalue weighted by atomic mass is 9.66. The molecule has 0 aromatic heterocycles. The number of hydrogen-bond donors (Lipinski definition) is 1. The van der Waals surface area contributed by atoms with Crippen LogP contribution in [0, 0.1) is 11.3 Å². The Labute approximate surface area is 201 Å². The zero-order chi connectivity index (χ0) is 24.0. The van der Waals surface area contributed by atoms with E-state index in [1.807, 2.05) is 6.07 Å². The van der Waals surface area contributed by atoms with Crippen LogP contribution in [0.2, 0.25) is 0 Å². The minimum absolute atomic E-state index is 0.0160. The number of fused-ring (bicyclic) bond motifs is 3. The van der Waals surface area contributed by atoms with Gasteiger partial charge in [-0.2, -0.15) is 0 Å². The smallest absolute Gasteiger partial charge is 0.159 e. The molecular weight excluding hydrogens is 408 g/mol. The lowest BCUT2D eigenvalue weighted by Crippen LogP contribution is -2.46. The summed E-state index contributed by atoms with van der Waals surface area (Å²) >= 11 is 0. The molecule has 3 heteroatoms. The van der Waals surface area contributed by atoms with Gasteiger partial charge in [-0.15, -0.1) is 0 Å². The standard InChI is InChI=1S/C30H44O3/c1-7-8-9-10-13-28(2,3)21-17-24(31)27-22-16-20(25(32)19-30(6)14-15-30)11-12-23(22)29(4,5)33-26(27)18-21/h11,17-18,22-23,31H,7-10,12-16,19H2,1-6H3/t22-,23-/m1/s1. The van der Waals surface area contributed by atoms with Gasteiger partial charge in [-0.1, -0.05) is 59.5 Å².